The summed E-state index contributed by atoms with van der Waals surface area (Å²) in [5, 5.41) is 3.77. The lowest BCUT2D eigenvalue weighted by Gasteiger charge is -2.45. The lowest BCUT2D eigenvalue weighted by molar-refractivity contribution is 0.0683. The van der Waals surface area contributed by atoms with Gasteiger partial charge in [0.05, 0.1) is 0 Å². The van der Waals surface area contributed by atoms with Gasteiger partial charge in [-0.25, -0.2) is 0 Å². The molecule has 0 aromatic rings. The van der Waals surface area contributed by atoms with E-state index in [-0.39, 0.29) is 0 Å². The van der Waals surface area contributed by atoms with Crippen molar-refractivity contribution in [2.75, 3.05) is 33.7 Å². The molecular weight excluding hydrogens is 258 g/mol. The molecule has 0 amide bonds. The Morgan fingerprint density at radius 1 is 1.14 bits per heavy atom. The number of nitrogens with zero attached hydrogens (tertiary/aromatic N) is 2. The van der Waals surface area contributed by atoms with Crippen LogP contribution in [0.5, 0.6) is 0 Å². The highest BCUT2D eigenvalue weighted by molar-refractivity contribution is 4.97. The Hall–Kier alpha value is -0.120. The minimum atomic E-state index is 0.454. The minimum Gasteiger partial charge on any atom is -0.313 e. The van der Waals surface area contributed by atoms with E-state index in [1.807, 2.05) is 0 Å². The largest absolute Gasteiger partial charge is 0.313 e. The highest BCUT2D eigenvalue weighted by Gasteiger charge is 2.40. The molecule has 1 saturated heterocycles. The van der Waals surface area contributed by atoms with Crippen LogP contribution < -0.4 is 5.32 Å². The monoisotopic (exact) mass is 295 g/mol. The summed E-state index contributed by atoms with van der Waals surface area (Å²) in [6.07, 6.45) is 5.45. The fourth-order valence-corrected chi connectivity index (χ4v) is 4.33. The predicted molar refractivity (Wildman–Crippen MR) is 91.7 cm³/mol. The van der Waals surface area contributed by atoms with E-state index in [1.165, 1.54) is 38.8 Å². The number of likely N-dealkylation sites (tertiary alicyclic amines) is 1. The Kier molecular flexibility index (Phi) is 5.72. The molecular formula is C18H37N3. The van der Waals surface area contributed by atoms with Gasteiger partial charge < -0.3 is 10.2 Å². The van der Waals surface area contributed by atoms with Crippen LogP contribution in [0.25, 0.3) is 0 Å². The van der Waals surface area contributed by atoms with Crippen molar-refractivity contribution in [3.8, 4) is 0 Å². The summed E-state index contributed by atoms with van der Waals surface area (Å²) in [5.41, 5.74) is 0.454. The third-order valence-corrected chi connectivity index (χ3v) is 5.90. The summed E-state index contributed by atoms with van der Waals surface area (Å²) < 4.78 is 0. The Morgan fingerprint density at radius 3 is 2.38 bits per heavy atom. The van der Waals surface area contributed by atoms with Gasteiger partial charge in [0.1, 0.15) is 0 Å². The lowest BCUT2D eigenvalue weighted by atomic mass is 9.69. The van der Waals surface area contributed by atoms with Gasteiger partial charge in [0, 0.05) is 31.2 Å². The summed E-state index contributed by atoms with van der Waals surface area (Å²) in [5.74, 6) is 0.871. The van der Waals surface area contributed by atoms with Crippen LogP contribution >= 0.6 is 0 Å². The molecule has 2 rings (SSSR count). The maximum Gasteiger partial charge on any atom is 0.0252 e. The van der Waals surface area contributed by atoms with Crippen LogP contribution in [0, 0.1) is 11.3 Å². The number of nitrogens with one attached hydrogen (secondary N) is 1. The van der Waals surface area contributed by atoms with Crippen molar-refractivity contribution in [2.24, 2.45) is 11.3 Å². The van der Waals surface area contributed by atoms with Crippen LogP contribution in [0.15, 0.2) is 0 Å². The first kappa shape index (κ1) is 17.2. The summed E-state index contributed by atoms with van der Waals surface area (Å²) in [7, 11) is 4.46. The quantitative estimate of drug-likeness (QED) is 0.860. The van der Waals surface area contributed by atoms with Crippen molar-refractivity contribution >= 4 is 0 Å². The molecule has 2 fully saturated rings. The molecule has 1 N–H and O–H groups in total. The van der Waals surface area contributed by atoms with Gasteiger partial charge in [-0.15, -0.1) is 0 Å². The summed E-state index contributed by atoms with van der Waals surface area (Å²) in [6, 6.07) is 2.20. The highest BCUT2D eigenvalue weighted by atomic mass is 15.3. The van der Waals surface area contributed by atoms with Gasteiger partial charge in [-0.3, -0.25) is 4.90 Å². The molecule has 0 radical (unpaired) electrons. The molecule has 3 nitrogen and oxygen atoms in total. The van der Waals surface area contributed by atoms with Crippen LogP contribution in [0.2, 0.25) is 0 Å². The van der Waals surface area contributed by atoms with Crippen molar-refractivity contribution in [1.29, 1.82) is 0 Å². The number of hydrogen-bond donors (Lipinski definition) is 1. The van der Waals surface area contributed by atoms with E-state index in [0.29, 0.717) is 11.5 Å². The normalized spacial score (nSPS) is 35.6. The molecule has 0 aromatic carbocycles. The number of likely N-dealkylation sites (N-methyl/N-ethyl adjacent to an activating group) is 2. The molecule has 0 bridgehead atoms. The molecule has 21 heavy (non-hydrogen) atoms. The molecule has 1 saturated carbocycles. The molecule has 1 aliphatic carbocycles. The van der Waals surface area contributed by atoms with Crippen LogP contribution in [0.4, 0.5) is 0 Å². The van der Waals surface area contributed by atoms with Crippen LogP contribution in [-0.2, 0) is 0 Å². The molecule has 124 valence electrons. The Labute approximate surface area is 132 Å². The maximum atomic E-state index is 3.77. The standard InChI is InChI=1S/C18H37N3/c1-7-19-16-9-8-14(18(2,3)4)12-17(16)21-11-10-15(13-21)20(5)6/h14-17,19H,7-13H2,1-6H3. The van der Waals surface area contributed by atoms with Crippen molar-refractivity contribution < 1.29 is 0 Å². The lowest BCUT2D eigenvalue weighted by Crippen LogP contribution is -2.54. The predicted octanol–water partition coefficient (Wildman–Crippen LogP) is 2.82. The van der Waals surface area contributed by atoms with Crippen molar-refractivity contribution in [1.82, 2.24) is 15.1 Å². The van der Waals surface area contributed by atoms with E-state index in [9.17, 15) is 0 Å². The van der Waals surface area contributed by atoms with Gasteiger partial charge in [0.25, 0.3) is 0 Å². The van der Waals surface area contributed by atoms with E-state index in [1.54, 1.807) is 0 Å². The van der Waals surface area contributed by atoms with E-state index < -0.39 is 0 Å². The molecule has 0 aromatic heterocycles. The van der Waals surface area contributed by atoms with Gasteiger partial charge in [-0.1, -0.05) is 27.7 Å². The van der Waals surface area contributed by atoms with Gasteiger partial charge in [-0.2, -0.15) is 0 Å². The van der Waals surface area contributed by atoms with Gasteiger partial charge in [0.15, 0.2) is 0 Å². The van der Waals surface area contributed by atoms with Gasteiger partial charge >= 0.3 is 0 Å². The summed E-state index contributed by atoms with van der Waals surface area (Å²) >= 11 is 0. The maximum absolute atomic E-state index is 3.77. The molecule has 1 aliphatic heterocycles. The molecule has 0 spiro atoms. The fourth-order valence-electron chi connectivity index (χ4n) is 4.33. The molecule has 1 heterocycles. The van der Waals surface area contributed by atoms with Gasteiger partial charge in [0.2, 0.25) is 0 Å². The molecule has 4 atom stereocenters. The second-order valence-electron chi connectivity index (χ2n) is 8.51. The third-order valence-electron chi connectivity index (χ3n) is 5.90. The van der Waals surface area contributed by atoms with Crippen molar-refractivity contribution in [3.63, 3.8) is 0 Å². The first-order valence-corrected chi connectivity index (χ1v) is 8.96. The van der Waals surface area contributed by atoms with E-state index in [2.05, 4.69) is 56.9 Å². The van der Waals surface area contributed by atoms with Crippen LogP contribution in [-0.4, -0.2) is 61.7 Å². The van der Waals surface area contributed by atoms with Crippen LogP contribution in [0.3, 0.4) is 0 Å². The first-order chi connectivity index (χ1) is 9.82. The van der Waals surface area contributed by atoms with E-state index in [4.69, 9.17) is 0 Å². The van der Waals surface area contributed by atoms with Crippen molar-refractivity contribution in [3.05, 3.63) is 0 Å². The minimum absolute atomic E-state index is 0.454. The zero-order valence-corrected chi connectivity index (χ0v) is 15.2. The zero-order valence-electron chi connectivity index (χ0n) is 15.2. The third kappa shape index (κ3) is 4.20. The Balaban J connectivity index is 2.04. The van der Waals surface area contributed by atoms with E-state index >= 15 is 0 Å². The highest BCUT2D eigenvalue weighted by Crippen LogP contribution is 2.40. The second kappa shape index (κ2) is 6.97. The van der Waals surface area contributed by atoms with E-state index in [0.717, 1.165) is 24.5 Å². The van der Waals surface area contributed by atoms with Crippen LogP contribution in [0.1, 0.15) is 53.4 Å². The Bertz CT molecular complexity index is 321. The average Bonchev–Trinajstić information content (AvgIpc) is 2.88. The summed E-state index contributed by atoms with van der Waals surface area (Å²) in [4.78, 5) is 5.20. The smallest absolute Gasteiger partial charge is 0.0252 e. The average molecular weight is 296 g/mol. The van der Waals surface area contributed by atoms with Crippen molar-refractivity contribution in [2.45, 2.75) is 71.5 Å². The fraction of sp³-hybridized carbons (Fsp3) is 1.00. The molecule has 4 unspecified atom stereocenters. The zero-order chi connectivity index (χ0) is 15.6. The first-order valence-electron chi connectivity index (χ1n) is 8.96. The SMILES string of the molecule is CCNC1CCC(C(C)(C)C)CC1N1CCC(N(C)C)C1. The molecule has 2 aliphatic rings. The second-order valence-corrected chi connectivity index (χ2v) is 8.51. The number of hydrogen-bond acceptors (Lipinski definition) is 3. The summed E-state index contributed by atoms with van der Waals surface area (Å²) in [6.45, 7) is 13.2. The number of rotatable bonds is 4. The van der Waals surface area contributed by atoms with Gasteiger partial charge in [-0.05, 0) is 57.7 Å². The Morgan fingerprint density at radius 2 is 1.86 bits per heavy atom. The topological polar surface area (TPSA) is 18.5 Å². The molecule has 3 heteroatoms.